The van der Waals surface area contributed by atoms with Gasteiger partial charge in [0.05, 0.1) is 9.40 Å². The summed E-state index contributed by atoms with van der Waals surface area (Å²) in [6.07, 6.45) is 6.11. The summed E-state index contributed by atoms with van der Waals surface area (Å²) >= 11 is 3.19. The van der Waals surface area contributed by atoms with Gasteiger partial charge in [0, 0.05) is 17.8 Å². The number of halogens is 1. The molecule has 4 nitrogen and oxygen atoms in total. The topological polar surface area (TPSA) is 55.2 Å². The van der Waals surface area contributed by atoms with E-state index in [0.29, 0.717) is 10.5 Å². The van der Waals surface area contributed by atoms with Gasteiger partial charge < -0.3 is 5.32 Å². The van der Waals surface area contributed by atoms with Crippen molar-refractivity contribution in [3.8, 4) is 0 Å². The zero-order valence-corrected chi connectivity index (χ0v) is 11.1. The SMILES string of the molecule is O=[N+]([O-])c1cc(NC2CCCCC2)ccc1Br. The highest BCUT2D eigenvalue weighted by molar-refractivity contribution is 9.10. The molecule has 1 aromatic rings. The average Bonchev–Trinajstić information content (AvgIpc) is 2.32. The molecule has 1 saturated carbocycles. The molecule has 0 aromatic heterocycles. The minimum Gasteiger partial charge on any atom is -0.382 e. The van der Waals surface area contributed by atoms with Gasteiger partial charge in [0.1, 0.15) is 0 Å². The van der Waals surface area contributed by atoms with Gasteiger partial charge in [0.15, 0.2) is 0 Å². The van der Waals surface area contributed by atoms with E-state index in [1.165, 1.54) is 19.3 Å². The summed E-state index contributed by atoms with van der Waals surface area (Å²) in [5.41, 5.74) is 0.956. The van der Waals surface area contributed by atoms with Crippen LogP contribution >= 0.6 is 15.9 Å². The molecule has 0 heterocycles. The monoisotopic (exact) mass is 298 g/mol. The van der Waals surface area contributed by atoms with Crippen molar-refractivity contribution in [2.75, 3.05) is 5.32 Å². The number of nitro groups is 1. The molecule has 1 aliphatic rings. The van der Waals surface area contributed by atoms with E-state index < -0.39 is 0 Å². The normalized spacial score (nSPS) is 16.8. The van der Waals surface area contributed by atoms with Crippen LogP contribution in [0.3, 0.4) is 0 Å². The largest absolute Gasteiger partial charge is 0.382 e. The molecule has 1 aliphatic carbocycles. The molecule has 17 heavy (non-hydrogen) atoms. The Kier molecular flexibility index (Phi) is 3.99. The molecule has 2 rings (SSSR count). The smallest absolute Gasteiger partial charge is 0.285 e. The quantitative estimate of drug-likeness (QED) is 0.675. The first-order chi connectivity index (χ1) is 8.16. The minimum absolute atomic E-state index is 0.116. The third-order valence-electron chi connectivity index (χ3n) is 3.12. The van der Waals surface area contributed by atoms with E-state index in [4.69, 9.17) is 0 Å². The van der Waals surface area contributed by atoms with Gasteiger partial charge in [-0.25, -0.2) is 0 Å². The molecule has 0 bridgehead atoms. The van der Waals surface area contributed by atoms with Crippen LogP contribution in [0.5, 0.6) is 0 Å². The molecule has 1 aromatic carbocycles. The van der Waals surface area contributed by atoms with Gasteiger partial charge in [-0.05, 0) is 40.9 Å². The van der Waals surface area contributed by atoms with Crippen molar-refractivity contribution in [3.05, 3.63) is 32.8 Å². The van der Waals surface area contributed by atoms with Crippen molar-refractivity contribution >= 4 is 27.3 Å². The number of rotatable bonds is 3. The summed E-state index contributed by atoms with van der Waals surface area (Å²) in [5.74, 6) is 0. The summed E-state index contributed by atoms with van der Waals surface area (Å²) < 4.78 is 0.525. The van der Waals surface area contributed by atoms with Gasteiger partial charge >= 0.3 is 0 Å². The van der Waals surface area contributed by atoms with Crippen molar-refractivity contribution in [1.82, 2.24) is 0 Å². The van der Waals surface area contributed by atoms with Crippen LogP contribution < -0.4 is 5.32 Å². The molecule has 0 saturated heterocycles. The fraction of sp³-hybridized carbons (Fsp3) is 0.500. The number of anilines is 1. The van der Waals surface area contributed by atoms with Gasteiger partial charge in [-0.1, -0.05) is 19.3 Å². The number of hydrogen-bond acceptors (Lipinski definition) is 3. The Morgan fingerprint density at radius 3 is 2.65 bits per heavy atom. The van der Waals surface area contributed by atoms with Gasteiger partial charge in [0.25, 0.3) is 5.69 Å². The second-order valence-corrected chi connectivity index (χ2v) is 5.26. The molecule has 5 heteroatoms. The third kappa shape index (κ3) is 3.19. The Labute approximate surface area is 109 Å². The van der Waals surface area contributed by atoms with Crippen LogP contribution in [0.15, 0.2) is 22.7 Å². The Morgan fingerprint density at radius 2 is 2.00 bits per heavy atom. The average molecular weight is 299 g/mol. The minimum atomic E-state index is -0.365. The summed E-state index contributed by atoms with van der Waals surface area (Å²) in [4.78, 5) is 10.4. The number of nitro benzene ring substituents is 1. The lowest BCUT2D eigenvalue weighted by atomic mass is 9.95. The van der Waals surface area contributed by atoms with E-state index in [0.717, 1.165) is 18.5 Å². The maximum atomic E-state index is 10.8. The number of hydrogen-bond donors (Lipinski definition) is 1. The molecule has 1 fully saturated rings. The maximum Gasteiger partial charge on any atom is 0.285 e. The van der Waals surface area contributed by atoms with E-state index in [1.807, 2.05) is 6.07 Å². The van der Waals surface area contributed by atoms with Crippen molar-refractivity contribution in [1.29, 1.82) is 0 Å². The number of nitrogens with one attached hydrogen (secondary N) is 1. The van der Waals surface area contributed by atoms with Gasteiger partial charge in [0.2, 0.25) is 0 Å². The Balaban J connectivity index is 2.10. The van der Waals surface area contributed by atoms with E-state index in [-0.39, 0.29) is 10.6 Å². The van der Waals surface area contributed by atoms with Gasteiger partial charge in [-0.2, -0.15) is 0 Å². The molecule has 0 amide bonds. The van der Waals surface area contributed by atoms with Crippen LogP contribution in [0.25, 0.3) is 0 Å². The molecule has 1 N–H and O–H groups in total. The summed E-state index contributed by atoms with van der Waals surface area (Å²) in [6, 6.07) is 5.66. The molecule has 0 atom stereocenters. The van der Waals surface area contributed by atoms with Gasteiger partial charge in [-0.3, -0.25) is 10.1 Å². The molecule has 0 aliphatic heterocycles. The second-order valence-electron chi connectivity index (χ2n) is 4.40. The maximum absolute atomic E-state index is 10.8. The zero-order chi connectivity index (χ0) is 12.3. The van der Waals surface area contributed by atoms with Crippen LogP contribution in [-0.2, 0) is 0 Å². The summed E-state index contributed by atoms with van der Waals surface area (Å²) in [6.45, 7) is 0. The standard InChI is InChI=1S/C12H15BrN2O2/c13-11-7-6-10(8-12(11)15(16)17)14-9-4-2-1-3-5-9/h6-9,14H,1-5H2. The van der Waals surface area contributed by atoms with E-state index in [2.05, 4.69) is 21.2 Å². The van der Waals surface area contributed by atoms with Crippen molar-refractivity contribution in [2.45, 2.75) is 38.1 Å². The summed E-state index contributed by atoms with van der Waals surface area (Å²) in [7, 11) is 0. The highest BCUT2D eigenvalue weighted by atomic mass is 79.9. The lowest BCUT2D eigenvalue weighted by molar-refractivity contribution is -0.385. The number of benzene rings is 1. The molecular formula is C12H15BrN2O2. The molecular weight excluding hydrogens is 284 g/mol. The number of nitrogens with zero attached hydrogens (tertiary/aromatic N) is 1. The highest BCUT2D eigenvalue weighted by Crippen LogP contribution is 2.29. The van der Waals surface area contributed by atoms with Crippen molar-refractivity contribution < 1.29 is 4.92 Å². The van der Waals surface area contributed by atoms with Crippen LogP contribution in [0.1, 0.15) is 32.1 Å². The summed E-state index contributed by atoms with van der Waals surface area (Å²) in [5, 5.41) is 14.2. The fourth-order valence-corrected chi connectivity index (χ4v) is 2.62. The molecule has 0 radical (unpaired) electrons. The van der Waals surface area contributed by atoms with Crippen LogP contribution in [0, 0.1) is 10.1 Å². The fourth-order valence-electron chi connectivity index (χ4n) is 2.22. The van der Waals surface area contributed by atoms with Crippen LogP contribution in [-0.4, -0.2) is 11.0 Å². The van der Waals surface area contributed by atoms with Gasteiger partial charge in [-0.15, -0.1) is 0 Å². The van der Waals surface area contributed by atoms with Crippen LogP contribution in [0.4, 0.5) is 11.4 Å². The first-order valence-corrected chi connectivity index (χ1v) is 6.66. The van der Waals surface area contributed by atoms with E-state index >= 15 is 0 Å². The predicted octanol–water partition coefficient (Wildman–Crippen LogP) is 4.10. The molecule has 0 unspecified atom stereocenters. The Morgan fingerprint density at radius 1 is 1.29 bits per heavy atom. The second kappa shape index (κ2) is 5.49. The van der Waals surface area contributed by atoms with Crippen molar-refractivity contribution in [2.24, 2.45) is 0 Å². The lowest BCUT2D eigenvalue weighted by Gasteiger charge is -2.23. The van der Waals surface area contributed by atoms with E-state index in [1.54, 1.807) is 12.1 Å². The third-order valence-corrected chi connectivity index (χ3v) is 3.79. The highest BCUT2D eigenvalue weighted by Gasteiger charge is 2.16. The van der Waals surface area contributed by atoms with E-state index in [9.17, 15) is 10.1 Å². The Hall–Kier alpha value is -1.10. The first kappa shape index (κ1) is 12.4. The predicted molar refractivity (Wildman–Crippen MR) is 71.3 cm³/mol. The Bertz CT molecular complexity index is 417. The lowest BCUT2D eigenvalue weighted by Crippen LogP contribution is -2.22. The zero-order valence-electron chi connectivity index (χ0n) is 9.49. The molecule has 92 valence electrons. The molecule has 0 spiro atoms. The first-order valence-electron chi connectivity index (χ1n) is 5.87. The van der Waals surface area contributed by atoms with Crippen LogP contribution in [0.2, 0.25) is 0 Å². The van der Waals surface area contributed by atoms with Crippen molar-refractivity contribution in [3.63, 3.8) is 0 Å².